The lowest BCUT2D eigenvalue weighted by Gasteiger charge is -2.20. The van der Waals surface area contributed by atoms with E-state index in [2.05, 4.69) is 11.0 Å². The number of anilines is 1. The van der Waals surface area contributed by atoms with Gasteiger partial charge < -0.3 is 4.90 Å². The first-order valence-corrected chi connectivity index (χ1v) is 9.49. The molecule has 0 unspecified atom stereocenters. The topological polar surface area (TPSA) is 40.6 Å². The maximum absolute atomic E-state index is 13.4. The fourth-order valence-electron chi connectivity index (χ4n) is 4.02. The molecular weight excluding hydrogens is 336 g/mol. The van der Waals surface area contributed by atoms with Crippen LogP contribution in [0.15, 0.2) is 48.2 Å². The molecule has 0 bridgehead atoms. The zero-order valence-corrected chi connectivity index (χ0v) is 16.1. The average Bonchev–Trinajstić information content (AvgIpc) is 3.23. The standard InChI is InChI=1S/C23H24N2O2/c1-15-6-9-18(10-7-15)25-22(26)20(19-11-8-16(2)14-17(19)3)21(23(25)27)24-12-4-5-13-24/h6-11,14H,4-5,12-13H2,1-3H3. The van der Waals surface area contributed by atoms with Gasteiger partial charge in [0.1, 0.15) is 5.70 Å². The van der Waals surface area contributed by atoms with Gasteiger partial charge in [0, 0.05) is 13.1 Å². The Morgan fingerprint density at radius 2 is 1.41 bits per heavy atom. The second-order valence-corrected chi connectivity index (χ2v) is 7.52. The normalized spacial score (nSPS) is 17.4. The molecule has 4 rings (SSSR count). The van der Waals surface area contributed by atoms with Gasteiger partial charge in [-0.2, -0.15) is 0 Å². The van der Waals surface area contributed by atoms with Gasteiger partial charge >= 0.3 is 0 Å². The summed E-state index contributed by atoms with van der Waals surface area (Å²) in [6, 6.07) is 13.6. The number of carbonyl (C=O) groups excluding carboxylic acids is 2. The SMILES string of the molecule is Cc1ccc(N2C(=O)C(c3ccc(C)cc3C)=C(N3CCCC3)C2=O)cc1. The fraction of sp³-hybridized carbons (Fsp3) is 0.304. The molecule has 4 heteroatoms. The van der Waals surface area contributed by atoms with E-state index in [0.29, 0.717) is 17.0 Å². The molecule has 2 heterocycles. The van der Waals surface area contributed by atoms with Crippen LogP contribution < -0.4 is 4.90 Å². The van der Waals surface area contributed by atoms with E-state index in [1.807, 2.05) is 57.2 Å². The maximum Gasteiger partial charge on any atom is 0.282 e. The van der Waals surface area contributed by atoms with Gasteiger partial charge in [-0.25, -0.2) is 4.90 Å². The molecule has 2 aliphatic rings. The van der Waals surface area contributed by atoms with Gasteiger partial charge in [-0.15, -0.1) is 0 Å². The van der Waals surface area contributed by atoms with Crippen LogP contribution in [0.3, 0.4) is 0 Å². The zero-order chi connectivity index (χ0) is 19.1. The van der Waals surface area contributed by atoms with E-state index in [1.165, 1.54) is 4.90 Å². The van der Waals surface area contributed by atoms with E-state index < -0.39 is 0 Å². The summed E-state index contributed by atoms with van der Waals surface area (Å²) in [5.41, 5.74) is 5.85. The lowest BCUT2D eigenvalue weighted by atomic mass is 9.97. The molecule has 2 aromatic carbocycles. The second-order valence-electron chi connectivity index (χ2n) is 7.52. The van der Waals surface area contributed by atoms with Crippen LogP contribution in [0.2, 0.25) is 0 Å². The molecular formula is C23H24N2O2. The third-order valence-corrected chi connectivity index (χ3v) is 5.43. The summed E-state index contributed by atoms with van der Waals surface area (Å²) in [6.07, 6.45) is 2.10. The number of imide groups is 1. The Hall–Kier alpha value is -2.88. The van der Waals surface area contributed by atoms with Crippen molar-refractivity contribution in [1.82, 2.24) is 4.90 Å². The number of rotatable bonds is 3. The van der Waals surface area contributed by atoms with Gasteiger partial charge in [-0.1, -0.05) is 41.5 Å². The molecule has 2 amide bonds. The van der Waals surface area contributed by atoms with Crippen molar-refractivity contribution in [2.45, 2.75) is 33.6 Å². The van der Waals surface area contributed by atoms with Crippen molar-refractivity contribution < 1.29 is 9.59 Å². The van der Waals surface area contributed by atoms with Gasteiger partial charge in [0.2, 0.25) is 0 Å². The highest BCUT2D eigenvalue weighted by atomic mass is 16.2. The third-order valence-electron chi connectivity index (χ3n) is 5.43. The maximum atomic E-state index is 13.4. The first kappa shape index (κ1) is 17.5. The minimum absolute atomic E-state index is 0.208. The number of hydrogen-bond acceptors (Lipinski definition) is 3. The number of amides is 2. The Morgan fingerprint density at radius 3 is 2.04 bits per heavy atom. The van der Waals surface area contributed by atoms with Crippen molar-refractivity contribution in [2.75, 3.05) is 18.0 Å². The van der Waals surface area contributed by atoms with Crippen LogP contribution in [0.5, 0.6) is 0 Å². The summed E-state index contributed by atoms with van der Waals surface area (Å²) < 4.78 is 0. The molecule has 0 spiro atoms. The molecule has 2 aromatic rings. The van der Waals surface area contributed by atoms with Crippen molar-refractivity contribution in [3.63, 3.8) is 0 Å². The van der Waals surface area contributed by atoms with Gasteiger partial charge in [0.05, 0.1) is 11.3 Å². The smallest absolute Gasteiger partial charge is 0.282 e. The second kappa shape index (κ2) is 6.69. The third kappa shape index (κ3) is 2.95. The molecule has 27 heavy (non-hydrogen) atoms. The van der Waals surface area contributed by atoms with Crippen LogP contribution in [-0.4, -0.2) is 29.8 Å². The van der Waals surface area contributed by atoms with Crippen LogP contribution in [0.25, 0.3) is 5.57 Å². The Balaban J connectivity index is 1.86. The predicted octanol–water partition coefficient (Wildman–Crippen LogP) is 3.99. The van der Waals surface area contributed by atoms with Crippen LogP contribution in [0.4, 0.5) is 5.69 Å². The Kier molecular flexibility index (Phi) is 4.34. The monoisotopic (exact) mass is 360 g/mol. The predicted molar refractivity (Wildman–Crippen MR) is 107 cm³/mol. The van der Waals surface area contributed by atoms with E-state index in [1.54, 1.807) is 0 Å². The first-order valence-electron chi connectivity index (χ1n) is 9.49. The van der Waals surface area contributed by atoms with Gasteiger partial charge in [0.25, 0.3) is 11.8 Å². The van der Waals surface area contributed by atoms with Crippen LogP contribution in [-0.2, 0) is 9.59 Å². The quantitative estimate of drug-likeness (QED) is 0.777. The van der Waals surface area contributed by atoms with E-state index in [-0.39, 0.29) is 11.8 Å². The van der Waals surface area contributed by atoms with Crippen molar-refractivity contribution in [2.24, 2.45) is 0 Å². The molecule has 0 atom stereocenters. The molecule has 0 N–H and O–H groups in total. The molecule has 4 nitrogen and oxygen atoms in total. The summed E-state index contributed by atoms with van der Waals surface area (Å²) in [5.74, 6) is -0.432. The molecule has 0 aliphatic carbocycles. The number of nitrogens with zero attached hydrogens (tertiary/aromatic N) is 2. The number of likely N-dealkylation sites (tertiary alicyclic amines) is 1. The Bertz CT molecular complexity index is 951. The van der Waals surface area contributed by atoms with Crippen molar-refractivity contribution >= 4 is 23.1 Å². The molecule has 2 aliphatic heterocycles. The summed E-state index contributed by atoms with van der Waals surface area (Å²) in [4.78, 5) is 30.2. The Labute approximate surface area is 160 Å². The number of hydrogen-bond donors (Lipinski definition) is 0. The van der Waals surface area contributed by atoms with Gasteiger partial charge in [0.15, 0.2) is 0 Å². The van der Waals surface area contributed by atoms with Crippen molar-refractivity contribution in [1.29, 1.82) is 0 Å². The zero-order valence-electron chi connectivity index (χ0n) is 16.1. The highest BCUT2D eigenvalue weighted by Crippen LogP contribution is 2.37. The largest absolute Gasteiger partial charge is 0.366 e. The number of benzene rings is 2. The number of aryl methyl sites for hydroxylation is 3. The summed E-state index contributed by atoms with van der Waals surface area (Å²) in [6.45, 7) is 7.68. The average molecular weight is 360 g/mol. The molecule has 0 radical (unpaired) electrons. The van der Waals surface area contributed by atoms with Crippen LogP contribution >= 0.6 is 0 Å². The minimum Gasteiger partial charge on any atom is -0.366 e. The number of carbonyl (C=O) groups is 2. The van der Waals surface area contributed by atoms with Crippen molar-refractivity contribution in [3.05, 3.63) is 70.4 Å². The fourth-order valence-corrected chi connectivity index (χ4v) is 4.02. The van der Waals surface area contributed by atoms with E-state index in [9.17, 15) is 9.59 Å². The molecule has 0 aromatic heterocycles. The lowest BCUT2D eigenvalue weighted by Crippen LogP contribution is -2.34. The Morgan fingerprint density at radius 1 is 0.778 bits per heavy atom. The highest BCUT2D eigenvalue weighted by molar-refractivity contribution is 6.45. The van der Waals surface area contributed by atoms with Crippen molar-refractivity contribution in [3.8, 4) is 0 Å². The molecule has 0 saturated carbocycles. The van der Waals surface area contributed by atoms with E-state index in [0.717, 1.165) is 48.2 Å². The van der Waals surface area contributed by atoms with Gasteiger partial charge in [-0.05, 0) is 56.9 Å². The summed E-state index contributed by atoms with van der Waals surface area (Å²) in [5, 5.41) is 0. The summed E-state index contributed by atoms with van der Waals surface area (Å²) in [7, 11) is 0. The highest BCUT2D eigenvalue weighted by Gasteiger charge is 2.43. The van der Waals surface area contributed by atoms with E-state index in [4.69, 9.17) is 0 Å². The molecule has 138 valence electrons. The van der Waals surface area contributed by atoms with Gasteiger partial charge in [-0.3, -0.25) is 9.59 Å². The molecule has 1 fully saturated rings. The lowest BCUT2D eigenvalue weighted by molar-refractivity contribution is -0.120. The van der Waals surface area contributed by atoms with Crippen LogP contribution in [0, 0.1) is 20.8 Å². The van der Waals surface area contributed by atoms with Crippen LogP contribution in [0.1, 0.15) is 35.1 Å². The first-order chi connectivity index (χ1) is 13.0. The molecule has 1 saturated heterocycles. The summed E-state index contributed by atoms with van der Waals surface area (Å²) >= 11 is 0. The van der Waals surface area contributed by atoms with E-state index >= 15 is 0 Å². The minimum atomic E-state index is -0.224.